The number of imide groups is 2. The van der Waals surface area contributed by atoms with Gasteiger partial charge in [-0.2, -0.15) is 5.26 Å². The number of benzene rings is 3. The van der Waals surface area contributed by atoms with E-state index >= 15 is 0 Å². The highest BCUT2D eigenvalue weighted by Gasteiger charge is 2.64. The van der Waals surface area contributed by atoms with E-state index in [-0.39, 0.29) is 53.8 Å². The topological polar surface area (TPSA) is 169 Å². The number of anilines is 1. The van der Waals surface area contributed by atoms with Crippen LogP contribution in [-0.4, -0.2) is 89.6 Å². The predicted octanol–water partition coefficient (Wildman–Crippen LogP) is 4.29. The number of fused-ring (bicyclic) bond motifs is 2. The van der Waals surface area contributed by atoms with Crippen molar-refractivity contribution in [3.8, 4) is 11.8 Å². The van der Waals surface area contributed by atoms with Crippen LogP contribution in [0.2, 0.25) is 5.02 Å². The number of piperazine rings is 1. The molecule has 294 valence electrons. The van der Waals surface area contributed by atoms with Crippen molar-refractivity contribution >= 4 is 52.7 Å². The third kappa shape index (κ3) is 6.49. The second-order valence-corrected chi connectivity index (χ2v) is 17.3. The Labute approximate surface area is 335 Å². The van der Waals surface area contributed by atoms with Crippen LogP contribution in [0.3, 0.4) is 0 Å². The van der Waals surface area contributed by atoms with Gasteiger partial charge in [0.05, 0.1) is 21.7 Å². The third-order valence-electron chi connectivity index (χ3n) is 12.6. The van der Waals surface area contributed by atoms with E-state index in [0.717, 1.165) is 21.7 Å². The number of hydrogen-bond donors (Lipinski definition) is 2. The molecule has 13 nitrogen and oxygen atoms in total. The third-order valence-corrected chi connectivity index (χ3v) is 12.9. The first-order valence-electron chi connectivity index (χ1n) is 19.3. The van der Waals surface area contributed by atoms with E-state index in [2.05, 4.69) is 49.3 Å². The van der Waals surface area contributed by atoms with E-state index in [1.54, 1.807) is 30.3 Å². The SMILES string of the molecule is CC1(C)[C@H](NC(=O)c2ccc(N3CCN(C(=O)C4Cc5cc6c(cc5C4)C(=O)N(C4CCC(=O)NC4=O)C6=O)CC3)cc2)C(C)(C)[C@H]1Oc1ccc(C#N)c(Cl)c1. The Hall–Kier alpha value is -5.74. The number of amides is 6. The van der Waals surface area contributed by atoms with Crippen LogP contribution in [0.15, 0.2) is 54.6 Å². The molecule has 2 aliphatic carbocycles. The van der Waals surface area contributed by atoms with Gasteiger partial charge in [0.15, 0.2) is 0 Å². The molecule has 3 aromatic rings. The summed E-state index contributed by atoms with van der Waals surface area (Å²) >= 11 is 6.24. The van der Waals surface area contributed by atoms with Crippen molar-refractivity contribution in [3.05, 3.63) is 93.0 Å². The first-order chi connectivity index (χ1) is 27.1. The lowest BCUT2D eigenvalue weighted by Crippen LogP contribution is -2.74. The maximum Gasteiger partial charge on any atom is 0.262 e. The molecule has 5 aliphatic rings. The molecule has 8 rings (SSSR count). The van der Waals surface area contributed by atoms with Crippen LogP contribution in [-0.2, 0) is 27.2 Å². The average Bonchev–Trinajstić information content (AvgIpc) is 3.71. The molecule has 0 spiro atoms. The zero-order chi connectivity index (χ0) is 40.6. The van der Waals surface area contributed by atoms with Gasteiger partial charge in [-0.3, -0.25) is 39.0 Å². The van der Waals surface area contributed by atoms with Crippen LogP contribution in [0.5, 0.6) is 5.75 Å². The number of ether oxygens (including phenoxy) is 1. The fraction of sp³-hybridized carbons (Fsp3) is 0.419. The number of carbonyl (C=O) groups is 6. The lowest BCUT2D eigenvalue weighted by molar-refractivity contribution is -0.164. The van der Waals surface area contributed by atoms with Gasteiger partial charge >= 0.3 is 0 Å². The fourth-order valence-corrected chi connectivity index (χ4v) is 10.1. The molecule has 1 saturated carbocycles. The number of piperidine rings is 1. The summed E-state index contributed by atoms with van der Waals surface area (Å²) in [6.07, 6.45) is 0.853. The van der Waals surface area contributed by atoms with Crippen LogP contribution < -0.4 is 20.3 Å². The van der Waals surface area contributed by atoms with Crippen LogP contribution in [0, 0.1) is 28.1 Å². The van der Waals surface area contributed by atoms with Gasteiger partial charge in [-0.25, -0.2) is 0 Å². The van der Waals surface area contributed by atoms with Crippen molar-refractivity contribution < 1.29 is 33.5 Å². The van der Waals surface area contributed by atoms with Crippen molar-refractivity contribution in [3.63, 3.8) is 0 Å². The fourth-order valence-electron chi connectivity index (χ4n) is 9.84. The number of carbonyl (C=O) groups excluding carboxylic acids is 6. The van der Waals surface area contributed by atoms with E-state index < -0.39 is 40.5 Å². The van der Waals surface area contributed by atoms with Crippen molar-refractivity contribution in [1.29, 1.82) is 5.26 Å². The molecule has 0 bridgehead atoms. The molecule has 0 radical (unpaired) electrons. The summed E-state index contributed by atoms with van der Waals surface area (Å²) in [7, 11) is 0. The Kier molecular flexibility index (Phi) is 9.38. The molecular weight excluding hydrogens is 748 g/mol. The number of nitriles is 1. The molecule has 2 N–H and O–H groups in total. The van der Waals surface area contributed by atoms with E-state index in [9.17, 15) is 34.0 Å². The maximum atomic E-state index is 13.7. The Balaban J connectivity index is 0.839. The van der Waals surface area contributed by atoms with Gasteiger partial charge in [0, 0.05) is 72.7 Å². The lowest BCUT2D eigenvalue weighted by atomic mass is 9.49. The summed E-state index contributed by atoms with van der Waals surface area (Å²) < 4.78 is 6.36. The van der Waals surface area contributed by atoms with E-state index in [0.29, 0.717) is 60.9 Å². The minimum Gasteiger partial charge on any atom is -0.489 e. The van der Waals surface area contributed by atoms with Crippen molar-refractivity contribution in [2.75, 3.05) is 31.1 Å². The van der Waals surface area contributed by atoms with Crippen LogP contribution in [0.1, 0.15) is 88.3 Å². The van der Waals surface area contributed by atoms with Gasteiger partial charge in [0.1, 0.15) is 24.0 Å². The molecule has 3 heterocycles. The van der Waals surface area contributed by atoms with Crippen molar-refractivity contribution in [2.45, 2.75) is 71.6 Å². The van der Waals surface area contributed by atoms with E-state index in [1.807, 2.05) is 29.2 Å². The molecule has 14 heteroatoms. The number of hydrogen-bond acceptors (Lipinski definition) is 9. The van der Waals surface area contributed by atoms with Gasteiger partial charge in [0.25, 0.3) is 17.7 Å². The molecule has 1 unspecified atom stereocenters. The Bertz CT molecular complexity index is 2230. The van der Waals surface area contributed by atoms with E-state index in [1.165, 1.54) is 0 Å². The summed E-state index contributed by atoms with van der Waals surface area (Å²) in [6.45, 7) is 10.6. The van der Waals surface area contributed by atoms with Crippen molar-refractivity contribution in [1.82, 2.24) is 20.4 Å². The van der Waals surface area contributed by atoms with Gasteiger partial charge in [-0.05, 0) is 78.9 Å². The molecular formula is C43H43ClN6O7. The molecule has 3 aliphatic heterocycles. The van der Waals surface area contributed by atoms with E-state index in [4.69, 9.17) is 16.3 Å². The number of nitrogens with zero attached hydrogens (tertiary/aromatic N) is 4. The zero-order valence-electron chi connectivity index (χ0n) is 32.2. The lowest BCUT2D eigenvalue weighted by Gasteiger charge is -2.63. The maximum absolute atomic E-state index is 13.7. The van der Waals surface area contributed by atoms with Crippen LogP contribution in [0.4, 0.5) is 5.69 Å². The molecule has 1 atom stereocenters. The molecule has 3 fully saturated rings. The highest BCUT2D eigenvalue weighted by molar-refractivity contribution is 6.31. The summed E-state index contributed by atoms with van der Waals surface area (Å²) in [5.41, 5.74) is 3.27. The summed E-state index contributed by atoms with van der Waals surface area (Å²) in [6, 6.07) is 16.8. The Morgan fingerprint density at radius 1 is 0.877 bits per heavy atom. The second-order valence-electron chi connectivity index (χ2n) is 16.9. The van der Waals surface area contributed by atoms with Crippen LogP contribution in [0.25, 0.3) is 0 Å². The average molecular weight is 791 g/mol. The Morgan fingerprint density at radius 2 is 1.49 bits per heavy atom. The van der Waals surface area contributed by atoms with Gasteiger partial charge in [-0.15, -0.1) is 0 Å². The largest absolute Gasteiger partial charge is 0.489 e. The minimum atomic E-state index is -1.02. The second kappa shape index (κ2) is 14.0. The van der Waals surface area contributed by atoms with Crippen molar-refractivity contribution in [2.24, 2.45) is 16.7 Å². The number of nitrogens with one attached hydrogen (secondary N) is 2. The molecule has 2 saturated heterocycles. The van der Waals surface area contributed by atoms with Gasteiger partial charge in [0.2, 0.25) is 17.7 Å². The highest BCUT2D eigenvalue weighted by Crippen LogP contribution is 2.55. The standard InChI is InChI=1S/C43H43ClN6O7/c1-42(2)40(43(3,4)41(42)57-29-10-7-24(22-45)32(44)21-29)47-35(52)23-5-8-28(9-6-23)48-13-15-49(16-14-48)37(54)27-17-25-19-30-31(20-26(25)18-27)39(56)50(38(30)55)33-11-12-34(51)46-36(33)53/h5-10,19-21,27,33,40-41H,11-18H2,1-4H3,(H,47,52)(H,46,51,53)/t33?,40-,41-. The minimum absolute atomic E-state index is 0.0380. The zero-order valence-corrected chi connectivity index (χ0v) is 32.9. The molecule has 3 aromatic carbocycles. The predicted molar refractivity (Wildman–Crippen MR) is 209 cm³/mol. The first-order valence-corrected chi connectivity index (χ1v) is 19.6. The normalized spacial score (nSPS) is 23.6. The smallest absolute Gasteiger partial charge is 0.262 e. The van der Waals surface area contributed by atoms with Crippen LogP contribution >= 0.6 is 11.6 Å². The van der Waals surface area contributed by atoms with Gasteiger partial charge in [-0.1, -0.05) is 39.3 Å². The molecule has 57 heavy (non-hydrogen) atoms. The highest BCUT2D eigenvalue weighted by atomic mass is 35.5. The molecule has 0 aromatic heterocycles. The summed E-state index contributed by atoms with van der Waals surface area (Å²) in [5.74, 6) is -2.04. The summed E-state index contributed by atoms with van der Waals surface area (Å²) in [5, 5.41) is 15.0. The number of halogens is 1. The monoisotopic (exact) mass is 790 g/mol. The van der Waals surface area contributed by atoms with Gasteiger partial charge < -0.3 is 19.9 Å². The first kappa shape index (κ1) is 38.1. The summed E-state index contributed by atoms with van der Waals surface area (Å²) in [4.78, 5) is 82.9. The number of rotatable bonds is 7. The molecule has 6 amide bonds. The quantitative estimate of drug-likeness (QED) is 0.332. The Morgan fingerprint density at radius 3 is 2.05 bits per heavy atom.